The van der Waals surface area contributed by atoms with E-state index in [2.05, 4.69) is 23.0 Å². The van der Waals surface area contributed by atoms with Gasteiger partial charge in [-0.25, -0.2) is 4.98 Å². The number of benzene rings is 1. The average Bonchev–Trinajstić information content (AvgIpc) is 2.97. The number of rotatable bonds is 4. The third-order valence-corrected chi connectivity index (χ3v) is 6.01. The van der Waals surface area contributed by atoms with Crippen molar-refractivity contribution in [2.75, 3.05) is 11.9 Å². The Morgan fingerprint density at radius 1 is 1.29 bits per heavy atom. The summed E-state index contributed by atoms with van der Waals surface area (Å²) in [6.07, 6.45) is 5.18. The van der Waals surface area contributed by atoms with Crippen molar-refractivity contribution in [2.24, 2.45) is 5.73 Å². The van der Waals surface area contributed by atoms with E-state index in [9.17, 15) is 4.79 Å². The van der Waals surface area contributed by atoms with Gasteiger partial charge in [0, 0.05) is 18.8 Å². The first kappa shape index (κ1) is 15.1. The molecule has 122 valence electrons. The summed E-state index contributed by atoms with van der Waals surface area (Å²) in [5, 5.41) is 0.942. The molecule has 0 aliphatic heterocycles. The van der Waals surface area contributed by atoms with Crippen molar-refractivity contribution in [1.29, 1.82) is 0 Å². The molecule has 0 unspecified atom stereocenters. The molecule has 2 N–H and O–H groups in total. The normalized spacial score (nSPS) is 15.9. The Hall–Kier alpha value is -2.47. The molecule has 5 nitrogen and oxygen atoms in total. The number of pyridine rings is 1. The van der Waals surface area contributed by atoms with E-state index in [-0.39, 0.29) is 5.54 Å². The van der Waals surface area contributed by atoms with Crippen molar-refractivity contribution in [1.82, 2.24) is 9.97 Å². The maximum atomic E-state index is 11.4. The molecule has 0 saturated heterocycles. The quantitative estimate of drug-likeness (QED) is 0.792. The van der Waals surface area contributed by atoms with E-state index in [1.54, 1.807) is 17.4 Å². The number of carbonyl (C=O) groups excluding carboxylic acids is 1. The number of fused-ring (bicyclic) bond motifs is 1. The third-order valence-electron chi connectivity index (χ3n) is 4.91. The van der Waals surface area contributed by atoms with Crippen LogP contribution in [0.15, 0.2) is 42.6 Å². The van der Waals surface area contributed by atoms with Crippen LogP contribution in [0, 0.1) is 0 Å². The third kappa shape index (κ3) is 2.26. The average molecular weight is 338 g/mol. The van der Waals surface area contributed by atoms with Gasteiger partial charge in [0.05, 0.1) is 21.4 Å². The Bertz CT molecular complexity index is 902. The van der Waals surface area contributed by atoms with Gasteiger partial charge in [0.2, 0.25) is 5.91 Å². The summed E-state index contributed by atoms with van der Waals surface area (Å²) in [6.45, 7) is 0. The molecule has 24 heavy (non-hydrogen) atoms. The summed E-state index contributed by atoms with van der Waals surface area (Å²) in [6, 6.07) is 11.5. The van der Waals surface area contributed by atoms with E-state index in [0.717, 1.165) is 33.9 Å². The van der Waals surface area contributed by atoms with Gasteiger partial charge in [-0.2, -0.15) is 0 Å². The highest BCUT2D eigenvalue weighted by Gasteiger charge is 2.44. The highest BCUT2D eigenvalue weighted by Crippen LogP contribution is 2.48. The molecule has 6 heteroatoms. The summed E-state index contributed by atoms with van der Waals surface area (Å²) in [4.78, 5) is 23.0. The lowest BCUT2D eigenvalue weighted by Gasteiger charge is -2.48. The summed E-state index contributed by atoms with van der Waals surface area (Å²) in [5.74, 6) is -0.413. The van der Waals surface area contributed by atoms with Crippen LogP contribution in [0.4, 0.5) is 5.13 Å². The number of nitrogens with two attached hydrogens (primary N) is 1. The van der Waals surface area contributed by atoms with Crippen molar-refractivity contribution in [3.05, 3.63) is 53.9 Å². The van der Waals surface area contributed by atoms with Crippen molar-refractivity contribution >= 4 is 32.6 Å². The molecule has 1 fully saturated rings. The fourth-order valence-electron chi connectivity index (χ4n) is 3.31. The fraction of sp³-hybridized carbons (Fsp3) is 0.278. The second-order valence-corrected chi connectivity index (χ2v) is 7.21. The number of carbonyl (C=O) groups is 1. The Morgan fingerprint density at radius 3 is 2.75 bits per heavy atom. The number of amides is 1. The van der Waals surface area contributed by atoms with E-state index < -0.39 is 5.91 Å². The Labute approximate surface area is 144 Å². The van der Waals surface area contributed by atoms with Gasteiger partial charge >= 0.3 is 0 Å². The molecule has 1 saturated carbocycles. The van der Waals surface area contributed by atoms with Crippen LogP contribution in [0.25, 0.3) is 10.2 Å². The van der Waals surface area contributed by atoms with E-state index in [1.165, 1.54) is 6.42 Å². The van der Waals surface area contributed by atoms with Gasteiger partial charge in [-0.15, -0.1) is 0 Å². The Balaban J connectivity index is 1.75. The predicted molar refractivity (Wildman–Crippen MR) is 96.3 cm³/mol. The molecule has 1 aliphatic rings. The molecule has 1 aliphatic carbocycles. The van der Waals surface area contributed by atoms with Crippen LogP contribution in [0.5, 0.6) is 0 Å². The van der Waals surface area contributed by atoms with Crippen LogP contribution in [0.1, 0.15) is 35.3 Å². The zero-order valence-corrected chi connectivity index (χ0v) is 14.2. The van der Waals surface area contributed by atoms with E-state index >= 15 is 0 Å². The topological polar surface area (TPSA) is 72.1 Å². The summed E-state index contributed by atoms with van der Waals surface area (Å²) >= 11 is 1.59. The highest BCUT2D eigenvalue weighted by molar-refractivity contribution is 7.22. The molecule has 2 heterocycles. The lowest BCUT2D eigenvalue weighted by Crippen LogP contribution is -2.50. The second-order valence-electron chi connectivity index (χ2n) is 6.20. The Morgan fingerprint density at radius 2 is 2.12 bits per heavy atom. The number of hydrogen-bond donors (Lipinski definition) is 1. The summed E-state index contributed by atoms with van der Waals surface area (Å²) in [5.41, 5.74) is 7.79. The van der Waals surface area contributed by atoms with Crippen LogP contribution in [0.3, 0.4) is 0 Å². The summed E-state index contributed by atoms with van der Waals surface area (Å²) < 4.78 is 0.976. The first-order valence-corrected chi connectivity index (χ1v) is 8.77. The summed E-state index contributed by atoms with van der Waals surface area (Å²) in [7, 11) is 2.08. The van der Waals surface area contributed by atoms with Gasteiger partial charge in [-0.3, -0.25) is 9.78 Å². The van der Waals surface area contributed by atoms with Crippen molar-refractivity contribution < 1.29 is 4.79 Å². The zero-order valence-electron chi connectivity index (χ0n) is 13.4. The van der Waals surface area contributed by atoms with Crippen molar-refractivity contribution in [3.63, 3.8) is 0 Å². The van der Waals surface area contributed by atoms with E-state index in [0.29, 0.717) is 5.56 Å². The highest BCUT2D eigenvalue weighted by atomic mass is 32.1. The molecular weight excluding hydrogens is 320 g/mol. The van der Waals surface area contributed by atoms with Crippen molar-refractivity contribution in [2.45, 2.75) is 24.8 Å². The van der Waals surface area contributed by atoms with Crippen LogP contribution in [0.2, 0.25) is 0 Å². The minimum atomic E-state index is -0.413. The van der Waals surface area contributed by atoms with Crippen LogP contribution in [-0.4, -0.2) is 22.9 Å². The van der Waals surface area contributed by atoms with Gasteiger partial charge in [0.1, 0.15) is 0 Å². The zero-order chi connectivity index (χ0) is 16.7. The van der Waals surface area contributed by atoms with Crippen LogP contribution in [-0.2, 0) is 5.54 Å². The lowest BCUT2D eigenvalue weighted by atomic mass is 9.73. The van der Waals surface area contributed by atoms with E-state index in [1.807, 2.05) is 30.5 Å². The van der Waals surface area contributed by atoms with Gasteiger partial charge in [0.15, 0.2) is 5.13 Å². The van der Waals surface area contributed by atoms with Gasteiger partial charge in [-0.05, 0) is 49.6 Å². The molecule has 0 bridgehead atoms. The molecule has 0 radical (unpaired) electrons. The molecule has 1 amide bonds. The lowest BCUT2D eigenvalue weighted by molar-refractivity contribution is 0.100. The largest absolute Gasteiger partial charge is 0.366 e. The van der Waals surface area contributed by atoms with Gasteiger partial charge in [0.25, 0.3) is 0 Å². The second kappa shape index (κ2) is 5.56. The SMILES string of the molecule is CN(c1nc2ccc(C(N)=O)cc2s1)C1(c2ccccn2)CCC1. The van der Waals surface area contributed by atoms with Gasteiger partial charge in [-0.1, -0.05) is 17.4 Å². The Kier molecular flexibility index (Phi) is 3.49. The molecule has 0 atom stereocenters. The van der Waals surface area contributed by atoms with Crippen LogP contribution >= 0.6 is 11.3 Å². The number of hydrogen-bond acceptors (Lipinski definition) is 5. The maximum Gasteiger partial charge on any atom is 0.248 e. The molecule has 2 aromatic heterocycles. The smallest absolute Gasteiger partial charge is 0.248 e. The molecule has 4 rings (SSSR count). The standard InChI is InChI=1S/C18H18N4OS/c1-22(18(8-4-9-18)15-5-2-3-10-20-15)17-21-13-7-6-12(16(19)23)11-14(13)24-17/h2-3,5-7,10-11H,4,8-9H2,1H3,(H2,19,23). The number of primary amides is 1. The molecule has 3 aromatic rings. The number of anilines is 1. The maximum absolute atomic E-state index is 11.4. The minimum Gasteiger partial charge on any atom is -0.366 e. The molecular formula is C18H18N4OS. The van der Waals surface area contributed by atoms with Crippen molar-refractivity contribution in [3.8, 4) is 0 Å². The fourth-order valence-corrected chi connectivity index (χ4v) is 4.36. The van der Waals surface area contributed by atoms with Gasteiger partial charge < -0.3 is 10.6 Å². The minimum absolute atomic E-state index is 0.0817. The van der Waals surface area contributed by atoms with E-state index in [4.69, 9.17) is 10.7 Å². The van der Waals surface area contributed by atoms with Crippen LogP contribution < -0.4 is 10.6 Å². The predicted octanol–water partition coefficient (Wildman–Crippen LogP) is 3.31. The first-order valence-electron chi connectivity index (χ1n) is 7.96. The monoisotopic (exact) mass is 338 g/mol. The molecule has 1 aromatic carbocycles. The first-order chi connectivity index (χ1) is 11.6. The number of aromatic nitrogens is 2. The number of nitrogens with zero attached hydrogens (tertiary/aromatic N) is 3. The molecule has 0 spiro atoms. The number of thiazole rings is 1.